The molecule has 0 aliphatic heterocycles. The Kier molecular flexibility index (Phi) is 7.71. The van der Waals surface area contributed by atoms with E-state index in [2.05, 4.69) is 20.1 Å². The summed E-state index contributed by atoms with van der Waals surface area (Å²) in [4.78, 5) is 0. The fraction of sp³-hybridized carbons (Fsp3) is 0.455. The van der Waals surface area contributed by atoms with Crippen LogP contribution in [0.5, 0.6) is 0 Å². The van der Waals surface area contributed by atoms with Crippen LogP contribution in [0.2, 0.25) is 0 Å². The first-order valence-corrected chi connectivity index (χ1v) is 4.36. The maximum Gasteiger partial charge on any atom is 0.0711 e. The van der Waals surface area contributed by atoms with Crippen LogP contribution in [0.1, 0.15) is 19.8 Å². The van der Waals surface area contributed by atoms with Gasteiger partial charge in [-0.25, -0.2) is 0 Å². The van der Waals surface area contributed by atoms with Gasteiger partial charge in [0.25, 0.3) is 0 Å². The van der Waals surface area contributed by atoms with Gasteiger partial charge in [-0.2, -0.15) is 0 Å². The van der Waals surface area contributed by atoms with Gasteiger partial charge < -0.3 is 4.74 Å². The molecule has 0 bridgehead atoms. The average molecular weight is 166 g/mol. The third kappa shape index (κ3) is 7.29. The summed E-state index contributed by atoms with van der Waals surface area (Å²) in [7, 11) is 0. The van der Waals surface area contributed by atoms with Gasteiger partial charge in [0.2, 0.25) is 0 Å². The zero-order valence-corrected chi connectivity index (χ0v) is 7.88. The lowest BCUT2D eigenvalue weighted by Crippen LogP contribution is -1.97. The smallest absolute Gasteiger partial charge is 0.0711 e. The van der Waals surface area contributed by atoms with Gasteiger partial charge in [-0.05, 0) is 12.0 Å². The van der Waals surface area contributed by atoms with E-state index in [1.54, 1.807) is 6.08 Å². The molecule has 0 radical (unpaired) electrons. The summed E-state index contributed by atoms with van der Waals surface area (Å²) in [5, 5.41) is 0. The molecule has 0 atom stereocenters. The Morgan fingerprint density at radius 3 is 2.83 bits per heavy atom. The van der Waals surface area contributed by atoms with Crippen LogP contribution in [-0.2, 0) is 4.74 Å². The Morgan fingerprint density at radius 1 is 1.50 bits per heavy atom. The summed E-state index contributed by atoms with van der Waals surface area (Å²) in [5.74, 6) is 0. The fourth-order valence-electron chi connectivity index (χ4n) is 0.702. The second kappa shape index (κ2) is 8.28. The average Bonchev–Trinajstić information content (AvgIpc) is 2.09. The van der Waals surface area contributed by atoms with E-state index in [1.165, 1.54) is 6.42 Å². The fourth-order valence-corrected chi connectivity index (χ4v) is 0.702. The van der Waals surface area contributed by atoms with E-state index in [4.69, 9.17) is 4.74 Å². The summed E-state index contributed by atoms with van der Waals surface area (Å²) in [5.41, 5.74) is 0.992. The minimum atomic E-state index is 0.629. The second-order valence-electron chi connectivity index (χ2n) is 2.66. The van der Waals surface area contributed by atoms with Crippen LogP contribution in [0, 0.1) is 0 Å². The maximum atomic E-state index is 5.35. The normalized spacial score (nSPS) is 10.4. The molecule has 1 nitrogen and oxygen atoms in total. The number of allylic oxidation sites excluding steroid dienone is 2. The first kappa shape index (κ1) is 11.2. The third-order valence-electron chi connectivity index (χ3n) is 1.40. The number of hydrogen-bond donors (Lipinski definition) is 0. The summed E-state index contributed by atoms with van der Waals surface area (Å²) in [6.45, 7) is 11.0. The van der Waals surface area contributed by atoms with Crippen molar-refractivity contribution in [1.29, 1.82) is 0 Å². The Morgan fingerprint density at radius 2 is 2.25 bits per heavy atom. The van der Waals surface area contributed by atoms with Crippen LogP contribution >= 0.6 is 0 Å². The number of ether oxygens (including phenoxy) is 1. The molecule has 0 amide bonds. The molecule has 0 aromatic rings. The van der Waals surface area contributed by atoms with E-state index in [-0.39, 0.29) is 0 Å². The van der Waals surface area contributed by atoms with Crippen LogP contribution in [0.3, 0.4) is 0 Å². The third-order valence-corrected chi connectivity index (χ3v) is 1.40. The highest BCUT2D eigenvalue weighted by Gasteiger charge is 1.88. The molecule has 0 heterocycles. The lowest BCUT2D eigenvalue weighted by molar-refractivity contribution is 0.155. The zero-order chi connectivity index (χ0) is 9.23. The molecule has 0 fully saturated rings. The molecule has 0 N–H and O–H groups in total. The summed E-state index contributed by atoms with van der Waals surface area (Å²) in [6, 6.07) is 0. The molecule has 0 saturated carbocycles. The molecule has 0 saturated heterocycles. The first-order chi connectivity index (χ1) is 5.81. The second-order valence-corrected chi connectivity index (χ2v) is 2.66. The minimum Gasteiger partial charge on any atom is -0.377 e. The quantitative estimate of drug-likeness (QED) is 0.417. The van der Waals surface area contributed by atoms with E-state index >= 15 is 0 Å². The van der Waals surface area contributed by atoms with Gasteiger partial charge in [0.1, 0.15) is 0 Å². The summed E-state index contributed by atoms with van der Waals surface area (Å²) in [6.07, 6.45) is 7.81. The van der Waals surface area contributed by atoms with E-state index < -0.39 is 0 Å². The first-order valence-electron chi connectivity index (χ1n) is 4.36. The molecule has 1 heteroatoms. The largest absolute Gasteiger partial charge is 0.377 e. The standard InChI is InChI=1S/C11H18O/c1-4-6-8-11(3)10-12-9-7-5-2/h4,6,8H,1,3,5,7,9-10H2,2H3/b8-6-. The van der Waals surface area contributed by atoms with Crippen LogP contribution in [0.4, 0.5) is 0 Å². The summed E-state index contributed by atoms with van der Waals surface area (Å²) < 4.78 is 5.35. The lowest BCUT2D eigenvalue weighted by Gasteiger charge is -2.01. The molecule has 12 heavy (non-hydrogen) atoms. The van der Waals surface area contributed by atoms with Gasteiger partial charge in [-0.15, -0.1) is 0 Å². The van der Waals surface area contributed by atoms with Crippen LogP contribution in [0.15, 0.2) is 37.0 Å². The molecule has 0 spiro atoms. The minimum absolute atomic E-state index is 0.629. The van der Waals surface area contributed by atoms with E-state index in [9.17, 15) is 0 Å². The van der Waals surface area contributed by atoms with Crippen molar-refractivity contribution >= 4 is 0 Å². The molecule has 68 valence electrons. The van der Waals surface area contributed by atoms with Gasteiger partial charge in [0.05, 0.1) is 6.61 Å². The highest BCUT2D eigenvalue weighted by atomic mass is 16.5. The highest BCUT2D eigenvalue weighted by Crippen LogP contribution is 1.96. The maximum absolute atomic E-state index is 5.35. The molecule has 0 aromatic heterocycles. The molecule has 0 unspecified atom stereocenters. The SMILES string of the molecule is C=C/C=C\C(=C)COCCCC. The molecular weight excluding hydrogens is 148 g/mol. The van der Waals surface area contributed by atoms with Crippen LogP contribution in [-0.4, -0.2) is 13.2 Å². The van der Waals surface area contributed by atoms with Gasteiger partial charge >= 0.3 is 0 Å². The molecule has 0 aliphatic rings. The predicted molar refractivity (Wildman–Crippen MR) is 54.2 cm³/mol. The molecular formula is C11H18O. The van der Waals surface area contributed by atoms with Crippen molar-refractivity contribution in [1.82, 2.24) is 0 Å². The lowest BCUT2D eigenvalue weighted by atomic mass is 10.3. The predicted octanol–water partition coefficient (Wildman–Crippen LogP) is 3.10. The Labute approximate surface area is 75.4 Å². The van der Waals surface area contributed by atoms with Gasteiger partial charge in [-0.3, -0.25) is 0 Å². The number of rotatable bonds is 7. The van der Waals surface area contributed by atoms with Crippen molar-refractivity contribution in [3.05, 3.63) is 37.0 Å². The topological polar surface area (TPSA) is 9.23 Å². The van der Waals surface area contributed by atoms with E-state index in [0.29, 0.717) is 6.61 Å². The van der Waals surface area contributed by atoms with Gasteiger partial charge in [-0.1, -0.05) is 44.7 Å². The zero-order valence-electron chi connectivity index (χ0n) is 7.88. The highest BCUT2D eigenvalue weighted by molar-refractivity contribution is 5.18. The van der Waals surface area contributed by atoms with Crippen molar-refractivity contribution < 1.29 is 4.74 Å². The van der Waals surface area contributed by atoms with Crippen molar-refractivity contribution in [2.24, 2.45) is 0 Å². The summed E-state index contributed by atoms with van der Waals surface area (Å²) >= 11 is 0. The molecule has 0 aromatic carbocycles. The van der Waals surface area contributed by atoms with Crippen LogP contribution in [0.25, 0.3) is 0 Å². The molecule has 0 aliphatic carbocycles. The Hall–Kier alpha value is -0.820. The Bertz CT molecular complexity index is 156. The number of unbranched alkanes of at least 4 members (excludes halogenated alkanes) is 1. The van der Waals surface area contributed by atoms with Crippen LogP contribution < -0.4 is 0 Å². The van der Waals surface area contributed by atoms with Crippen molar-refractivity contribution in [3.8, 4) is 0 Å². The number of hydrogen-bond acceptors (Lipinski definition) is 1. The van der Waals surface area contributed by atoms with E-state index in [0.717, 1.165) is 18.6 Å². The van der Waals surface area contributed by atoms with Crippen molar-refractivity contribution in [3.63, 3.8) is 0 Å². The van der Waals surface area contributed by atoms with Gasteiger partial charge in [0, 0.05) is 6.61 Å². The van der Waals surface area contributed by atoms with Crippen molar-refractivity contribution in [2.45, 2.75) is 19.8 Å². The Balaban J connectivity index is 3.31. The van der Waals surface area contributed by atoms with Gasteiger partial charge in [0.15, 0.2) is 0 Å². The van der Waals surface area contributed by atoms with Crippen molar-refractivity contribution in [2.75, 3.05) is 13.2 Å². The monoisotopic (exact) mass is 166 g/mol. The molecule has 0 rings (SSSR count). The van der Waals surface area contributed by atoms with E-state index in [1.807, 2.05) is 12.2 Å².